The zero-order valence-electron chi connectivity index (χ0n) is 10.5. The van der Waals surface area contributed by atoms with Crippen LogP contribution in [0.25, 0.3) is 0 Å². The van der Waals surface area contributed by atoms with Gasteiger partial charge in [0.2, 0.25) is 5.91 Å². The van der Waals surface area contributed by atoms with Crippen LogP contribution in [0.2, 0.25) is 0 Å². The van der Waals surface area contributed by atoms with Crippen LogP contribution in [0.3, 0.4) is 0 Å². The highest BCUT2D eigenvalue weighted by molar-refractivity contribution is 7.98. The molecule has 0 unspecified atom stereocenters. The second-order valence-corrected chi connectivity index (χ2v) is 5.51. The van der Waals surface area contributed by atoms with Gasteiger partial charge in [0.05, 0.1) is 5.41 Å². The zero-order valence-corrected chi connectivity index (χ0v) is 11.3. The molecule has 3 nitrogen and oxygen atoms in total. The summed E-state index contributed by atoms with van der Waals surface area (Å²) < 4.78 is 0. The predicted octanol–water partition coefficient (Wildman–Crippen LogP) is 1.64. The van der Waals surface area contributed by atoms with Gasteiger partial charge in [-0.25, -0.2) is 0 Å². The third-order valence-electron chi connectivity index (χ3n) is 3.36. The Labute approximate surface area is 103 Å². The summed E-state index contributed by atoms with van der Waals surface area (Å²) in [5, 5.41) is 6.43. The molecule has 0 radical (unpaired) electrons. The summed E-state index contributed by atoms with van der Waals surface area (Å²) >= 11 is 1.78. The maximum atomic E-state index is 12.2. The van der Waals surface area contributed by atoms with Crippen molar-refractivity contribution in [1.82, 2.24) is 10.6 Å². The van der Waals surface area contributed by atoms with Gasteiger partial charge in [0.15, 0.2) is 0 Å². The van der Waals surface area contributed by atoms with Gasteiger partial charge in [0, 0.05) is 12.3 Å². The molecule has 0 saturated carbocycles. The molecule has 4 heteroatoms. The Kier molecular flexibility index (Phi) is 6.21. The first-order chi connectivity index (χ1) is 7.75. The molecule has 0 aromatic rings. The van der Waals surface area contributed by atoms with Crippen molar-refractivity contribution < 1.29 is 4.79 Å². The number of rotatable bonds is 6. The van der Waals surface area contributed by atoms with Crippen LogP contribution in [-0.4, -0.2) is 37.6 Å². The van der Waals surface area contributed by atoms with Gasteiger partial charge in [0.1, 0.15) is 0 Å². The fourth-order valence-electron chi connectivity index (χ4n) is 2.43. The van der Waals surface area contributed by atoms with Crippen LogP contribution in [0, 0.1) is 5.41 Å². The topological polar surface area (TPSA) is 41.1 Å². The Morgan fingerprint density at radius 1 is 1.44 bits per heavy atom. The molecule has 2 N–H and O–H groups in total. The highest BCUT2D eigenvalue weighted by atomic mass is 32.2. The monoisotopic (exact) mass is 244 g/mol. The van der Waals surface area contributed by atoms with Crippen LogP contribution in [0.1, 0.15) is 32.6 Å². The van der Waals surface area contributed by atoms with Gasteiger partial charge in [-0.2, -0.15) is 11.8 Å². The van der Waals surface area contributed by atoms with Gasteiger partial charge < -0.3 is 10.6 Å². The van der Waals surface area contributed by atoms with Crippen LogP contribution >= 0.6 is 11.8 Å². The Morgan fingerprint density at radius 3 is 2.69 bits per heavy atom. The first-order valence-corrected chi connectivity index (χ1v) is 7.62. The van der Waals surface area contributed by atoms with Crippen LogP contribution in [-0.2, 0) is 4.79 Å². The third kappa shape index (κ3) is 3.67. The third-order valence-corrected chi connectivity index (χ3v) is 3.98. The largest absolute Gasteiger partial charge is 0.355 e. The summed E-state index contributed by atoms with van der Waals surface area (Å²) in [5.41, 5.74) is -0.0849. The average Bonchev–Trinajstić information content (AvgIpc) is 2.31. The van der Waals surface area contributed by atoms with E-state index in [1.807, 2.05) is 0 Å². The first-order valence-electron chi connectivity index (χ1n) is 6.23. The van der Waals surface area contributed by atoms with Crippen molar-refractivity contribution in [3.8, 4) is 0 Å². The Bertz CT molecular complexity index is 210. The van der Waals surface area contributed by atoms with Crippen molar-refractivity contribution in [2.45, 2.75) is 32.6 Å². The van der Waals surface area contributed by atoms with Gasteiger partial charge in [-0.3, -0.25) is 4.79 Å². The summed E-state index contributed by atoms with van der Waals surface area (Å²) in [5.74, 6) is 1.29. The van der Waals surface area contributed by atoms with E-state index in [9.17, 15) is 4.79 Å². The quantitative estimate of drug-likeness (QED) is 0.698. The molecule has 0 aromatic heterocycles. The minimum absolute atomic E-state index is 0.0849. The van der Waals surface area contributed by atoms with Crippen molar-refractivity contribution in [1.29, 1.82) is 0 Å². The van der Waals surface area contributed by atoms with Crippen LogP contribution in [0.4, 0.5) is 0 Å². The molecule has 1 fully saturated rings. The Balaban J connectivity index is 2.50. The van der Waals surface area contributed by atoms with Gasteiger partial charge in [-0.05, 0) is 38.6 Å². The summed E-state index contributed by atoms with van der Waals surface area (Å²) in [7, 11) is 0. The van der Waals surface area contributed by atoms with E-state index in [-0.39, 0.29) is 11.3 Å². The second-order valence-electron chi connectivity index (χ2n) is 4.53. The van der Waals surface area contributed by atoms with E-state index < -0.39 is 0 Å². The minimum atomic E-state index is -0.0849. The van der Waals surface area contributed by atoms with Gasteiger partial charge >= 0.3 is 0 Å². The molecular weight excluding hydrogens is 220 g/mol. The van der Waals surface area contributed by atoms with Gasteiger partial charge in [0.25, 0.3) is 0 Å². The van der Waals surface area contributed by atoms with E-state index in [4.69, 9.17) is 0 Å². The molecule has 1 amide bonds. The van der Waals surface area contributed by atoms with E-state index in [1.54, 1.807) is 11.8 Å². The molecule has 0 aliphatic carbocycles. The lowest BCUT2D eigenvalue weighted by molar-refractivity contribution is -0.133. The molecule has 94 valence electrons. The number of nitrogens with one attached hydrogen (secondary N) is 2. The molecule has 1 aliphatic heterocycles. The lowest BCUT2D eigenvalue weighted by Crippen LogP contribution is -2.48. The van der Waals surface area contributed by atoms with Crippen LogP contribution in [0.15, 0.2) is 0 Å². The fraction of sp³-hybridized carbons (Fsp3) is 0.917. The number of amides is 1. The normalized spacial score (nSPS) is 19.4. The molecule has 0 spiro atoms. The number of thioether (sulfide) groups is 1. The average molecular weight is 244 g/mol. The lowest BCUT2D eigenvalue weighted by atomic mass is 9.74. The van der Waals surface area contributed by atoms with Crippen molar-refractivity contribution in [2.75, 3.05) is 31.6 Å². The number of carbonyl (C=O) groups excluding carboxylic acids is 1. The molecule has 1 saturated heterocycles. The van der Waals surface area contributed by atoms with E-state index >= 15 is 0 Å². The molecule has 0 aromatic carbocycles. The standard InChI is InChI=1S/C12H24N2OS/c1-3-4-12(5-7-13-8-6-12)11(15)14-9-10-16-2/h13H,3-10H2,1-2H3,(H,14,15). The maximum absolute atomic E-state index is 12.2. The zero-order chi connectivity index (χ0) is 11.9. The molecule has 1 aliphatic rings. The number of piperidine rings is 1. The van der Waals surface area contributed by atoms with Crippen molar-refractivity contribution in [2.24, 2.45) is 5.41 Å². The number of hydrogen-bond acceptors (Lipinski definition) is 3. The van der Waals surface area contributed by atoms with Crippen LogP contribution in [0.5, 0.6) is 0 Å². The summed E-state index contributed by atoms with van der Waals surface area (Å²) in [4.78, 5) is 12.2. The fourth-order valence-corrected chi connectivity index (χ4v) is 2.73. The lowest BCUT2D eigenvalue weighted by Gasteiger charge is -2.36. The maximum Gasteiger partial charge on any atom is 0.226 e. The van der Waals surface area contributed by atoms with Crippen molar-refractivity contribution >= 4 is 17.7 Å². The summed E-state index contributed by atoms with van der Waals surface area (Å²) in [6, 6.07) is 0. The number of hydrogen-bond donors (Lipinski definition) is 2. The first kappa shape index (κ1) is 13.8. The Morgan fingerprint density at radius 2 is 2.12 bits per heavy atom. The Hall–Kier alpha value is -0.220. The van der Waals surface area contributed by atoms with E-state index in [2.05, 4.69) is 23.8 Å². The highest BCUT2D eigenvalue weighted by Gasteiger charge is 2.38. The smallest absolute Gasteiger partial charge is 0.226 e. The van der Waals surface area contributed by atoms with Crippen LogP contribution < -0.4 is 10.6 Å². The molecule has 1 heterocycles. The van der Waals surface area contributed by atoms with E-state index in [0.717, 1.165) is 51.1 Å². The molecule has 1 rings (SSSR count). The molecular formula is C12H24N2OS. The molecule has 0 atom stereocenters. The van der Waals surface area contributed by atoms with Gasteiger partial charge in [-0.1, -0.05) is 13.3 Å². The van der Waals surface area contributed by atoms with Crippen molar-refractivity contribution in [3.63, 3.8) is 0 Å². The minimum Gasteiger partial charge on any atom is -0.355 e. The van der Waals surface area contributed by atoms with Crippen molar-refractivity contribution in [3.05, 3.63) is 0 Å². The van der Waals surface area contributed by atoms with E-state index in [1.165, 1.54) is 0 Å². The summed E-state index contributed by atoms with van der Waals surface area (Å²) in [6.45, 7) is 4.93. The van der Waals surface area contributed by atoms with Gasteiger partial charge in [-0.15, -0.1) is 0 Å². The highest BCUT2D eigenvalue weighted by Crippen LogP contribution is 2.34. The predicted molar refractivity (Wildman–Crippen MR) is 70.8 cm³/mol. The SMILES string of the molecule is CCCC1(C(=O)NCCSC)CCNCC1. The molecule has 16 heavy (non-hydrogen) atoms. The molecule has 0 bridgehead atoms. The number of carbonyl (C=O) groups is 1. The summed E-state index contributed by atoms with van der Waals surface area (Å²) in [6.07, 6.45) is 6.17. The second kappa shape index (κ2) is 7.17. The van der Waals surface area contributed by atoms with E-state index in [0.29, 0.717) is 0 Å².